The fourth-order valence-corrected chi connectivity index (χ4v) is 3.83. The molecule has 1 aliphatic rings. The number of anilines is 2. The van der Waals surface area contributed by atoms with Crippen molar-refractivity contribution >= 4 is 34.1 Å². The lowest BCUT2D eigenvalue weighted by molar-refractivity contribution is 0.969. The Bertz CT molecular complexity index is 746. The molecule has 0 saturated heterocycles. The molecule has 3 rings (SSSR count). The lowest BCUT2D eigenvalue weighted by Crippen LogP contribution is -2.16. The topological polar surface area (TPSA) is 39.9 Å². The second kappa shape index (κ2) is 5.64. The van der Waals surface area contributed by atoms with Crippen LogP contribution in [0.3, 0.4) is 0 Å². The first-order valence-electron chi connectivity index (χ1n) is 7.10. The molecule has 0 amide bonds. The summed E-state index contributed by atoms with van der Waals surface area (Å²) in [5, 5.41) is 9.07. The van der Waals surface area contributed by atoms with Gasteiger partial charge in [0.2, 0.25) is 0 Å². The van der Waals surface area contributed by atoms with Crippen LogP contribution in [0, 0.1) is 21.8 Å². The van der Waals surface area contributed by atoms with Crippen LogP contribution in [-0.2, 0) is 12.8 Å². The molecule has 0 bridgehead atoms. The number of hydrogen-bond acceptors (Lipinski definition) is 3. The van der Waals surface area contributed by atoms with Gasteiger partial charge in [0.15, 0.2) is 0 Å². The summed E-state index contributed by atoms with van der Waals surface area (Å²) in [6, 6.07) is 10.3. The van der Waals surface area contributed by atoms with Crippen LogP contribution in [0.25, 0.3) is 0 Å². The highest BCUT2D eigenvalue weighted by molar-refractivity contribution is 14.1. The molecule has 0 aliphatic carbocycles. The third-order valence-corrected chi connectivity index (χ3v) is 4.86. The van der Waals surface area contributed by atoms with Gasteiger partial charge in [0, 0.05) is 27.1 Å². The molecule has 2 heterocycles. The molecule has 2 aromatic rings. The van der Waals surface area contributed by atoms with Crippen molar-refractivity contribution in [1.29, 1.82) is 5.26 Å². The van der Waals surface area contributed by atoms with Gasteiger partial charge in [0.05, 0.1) is 11.6 Å². The quantitative estimate of drug-likeness (QED) is 0.726. The Morgan fingerprint density at radius 1 is 1.38 bits per heavy atom. The predicted octanol–water partition coefficient (Wildman–Crippen LogP) is 4.12. The molecule has 21 heavy (non-hydrogen) atoms. The lowest BCUT2D eigenvalue weighted by Gasteiger charge is -2.22. The van der Waals surface area contributed by atoms with Crippen LogP contribution < -0.4 is 4.90 Å². The number of hydrogen-bond donors (Lipinski definition) is 0. The van der Waals surface area contributed by atoms with Crippen LogP contribution in [0.4, 0.5) is 11.5 Å². The van der Waals surface area contributed by atoms with E-state index in [2.05, 4.69) is 52.6 Å². The molecule has 1 aromatic carbocycles. The molecule has 1 aliphatic heterocycles. The average molecular weight is 389 g/mol. The molecule has 0 saturated carbocycles. The average Bonchev–Trinajstić information content (AvgIpc) is 2.90. The molecule has 3 nitrogen and oxygen atoms in total. The Balaban J connectivity index is 2.11. The van der Waals surface area contributed by atoms with Crippen LogP contribution in [-0.4, -0.2) is 11.5 Å². The van der Waals surface area contributed by atoms with Gasteiger partial charge in [-0.05, 0) is 72.2 Å². The van der Waals surface area contributed by atoms with Crippen molar-refractivity contribution in [2.75, 3.05) is 11.4 Å². The monoisotopic (exact) mass is 389 g/mol. The molecular formula is C17H16IN3. The van der Waals surface area contributed by atoms with Crippen LogP contribution in [0.1, 0.15) is 29.3 Å². The van der Waals surface area contributed by atoms with Crippen LogP contribution in [0.15, 0.2) is 24.3 Å². The van der Waals surface area contributed by atoms with E-state index in [9.17, 15) is 0 Å². The fourth-order valence-electron chi connectivity index (χ4n) is 2.86. The first-order valence-corrected chi connectivity index (χ1v) is 8.18. The van der Waals surface area contributed by atoms with E-state index in [1.807, 2.05) is 19.1 Å². The van der Waals surface area contributed by atoms with Crippen LogP contribution in [0.5, 0.6) is 0 Å². The van der Waals surface area contributed by atoms with Crippen LogP contribution in [0.2, 0.25) is 0 Å². The maximum atomic E-state index is 9.07. The van der Waals surface area contributed by atoms with Gasteiger partial charge in [0.1, 0.15) is 5.82 Å². The van der Waals surface area contributed by atoms with Gasteiger partial charge < -0.3 is 4.90 Å². The van der Waals surface area contributed by atoms with E-state index < -0.39 is 0 Å². The van der Waals surface area contributed by atoms with Crippen molar-refractivity contribution in [2.24, 2.45) is 0 Å². The first kappa shape index (κ1) is 14.3. The van der Waals surface area contributed by atoms with Gasteiger partial charge in [-0.15, -0.1) is 0 Å². The summed E-state index contributed by atoms with van der Waals surface area (Å²) in [7, 11) is 0. The van der Waals surface area contributed by atoms with Gasteiger partial charge in [-0.25, -0.2) is 4.98 Å². The normalized spacial score (nSPS) is 13.1. The maximum Gasteiger partial charge on any atom is 0.137 e. The SMILES string of the molecule is CCc1cc(C#N)ccc1N1CCc2c(I)cc(C)nc21. The largest absolute Gasteiger partial charge is 0.326 e. The Kier molecular flexibility index (Phi) is 3.85. The Morgan fingerprint density at radius 3 is 2.90 bits per heavy atom. The summed E-state index contributed by atoms with van der Waals surface area (Å²) in [4.78, 5) is 7.04. The van der Waals surface area contributed by atoms with Gasteiger partial charge in [-0.3, -0.25) is 0 Å². The van der Waals surface area contributed by atoms with Gasteiger partial charge in [-0.2, -0.15) is 5.26 Å². The van der Waals surface area contributed by atoms with E-state index in [4.69, 9.17) is 10.2 Å². The zero-order chi connectivity index (χ0) is 15.0. The number of aromatic nitrogens is 1. The van der Waals surface area contributed by atoms with E-state index >= 15 is 0 Å². The smallest absolute Gasteiger partial charge is 0.137 e. The summed E-state index contributed by atoms with van der Waals surface area (Å²) in [5.41, 5.74) is 5.51. The summed E-state index contributed by atoms with van der Waals surface area (Å²) >= 11 is 2.40. The third-order valence-electron chi connectivity index (χ3n) is 3.90. The van der Waals surface area contributed by atoms with E-state index in [1.165, 1.54) is 20.4 Å². The number of rotatable bonds is 2. The Morgan fingerprint density at radius 2 is 2.19 bits per heavy atom. The third kappa shape index (κ3) is 2.51. The van der Waals surface area contributed by atoms with Crippen molar-refractivity contribution in [1.82, 2.24) is 4.98 Å². The number of pyridine rings is 1. The lowest BCUT2D eigenvalue weighted by atomic mass is 10.1. The molecule has 0 spiro atoms. The van der Waals surface area contributed by atoms with Crippen molar-refractivity contribution in [3.8, 4) is 6.07 Å². The standard InChI is InChI=1S/C17H16IN3/c1-3-13-9-12(10-19)4-5-16(13)21-7-6-14-15(18)8-11(2)20-17(14)21/h4-5,8-9H,3,6-7H2,1-2H3. The molecule has 0 radical (unpaired) electrons. The number of aryl methyl sites for hydroxylation is 2. The number of nitriles is 1. The molecule has 0 N–H and O–H groups in total. The minimum absolute atomic E-state index is 0.724. The van der Waals surface area contributed by atoms with E-state index in [-0.39, 0.29) is 0 Å². The summed E-state index contributed by atoms with van der Waals surface area (Å²) in [6.45, 7) is 5.13. The Labute approximate surface area is 138 Å². The molecular weight excluding hydrogens is 373 g/mol. The molecule has 0 atom stereocenters. The van der Waals surface area contributed by atoms with Crippen molar-refractivity contribution < 1.29 is 0 Å². The summed E-state index contributed by atoms with van der Waals surface area (Å²) in [5.74, 6) is 1.08. The number of benzene rings is 1. The maximum absolute atomic E-state index is 9.07. The fraction of sp³-hybridized carbons (Fsp3) is 0.294. The summed E-state index contributed by atoms with van der Waals surface area (Å²) < 4.78 is 1.30. The number of fused-ring (bicyclic) bond motifs is 1. The minimum atomic E-state index is 0.724. The number of halogens is 1. The van der Waals surface area contributed by atoms with Crippen molar-refractivity contribution in [3.63, 3.8) is 0 Å². The molecule has 4 heteroatoms. The molecule has 0 fully saturated rings. The second-order valence-corrected chi connectivity index (χ2v) is 6.42. The van der Waals surface area contributed by atoms with E-state index in [0.717, 1.165) is 36.5 Å². The van der Waals surface area contributed by atoms with Crippen LogP contribution >= 0.6 is 22.6 Å². The van der Waals surface area contributed by atoms with Crippen molar-refractivity contribution in [3.05, 3.63) is 50.2 Å². The zero-order valence-corrected chi connectivity index (χ0v) is 14.3. The molecule has 1 aromatic heterocycles. The van der Waals surface area contributed by atoms with E-state index in [0.29, 0.717) is 0 Å². The van der Waals surface area contributed by atoms with Gasteiger partial charge in [0.25, 0.3) is 0 Å². The number of nitrogens with zero attached hydrogens (tertiary/aromatic N) is 3. The molecule has 106 valence electrons. The highest BCUT2D eigenvalue weighted by atomic mass is 127. The Hall–Kier alpha value is -1.61. The molecule has 0 unspecified atom stereocenters. The predicted molar refractivity (Wildman–Crippen MR) is 92.9 cm³/mol. The zero-order valence-electron chi connectivity index (χ0n) is 12.2. The highest BCUT2D eigenvalue weighted by Gasteiger charge is 2.25. The summed E-state index contributed by atoms with van der Waals surface area (Å²) in [6.07, 6.45) is 1.95. The highest BCUT2D eigenvalue weighted by Crippen LogP contribution is 2.37. The van der Waals surface area contributed by atoms with Gasteiger partial charge in [-0.1, -0.05) is 6.92 Å². The first-order chi connectivity index (χ1) is 10.1. The van der Waals surface area contributed by atoms with Crippen molar-refractivity contribution in [2.45, 2.75) is 26.7 Å². The minimum Gasteiger partial charge on any atom is -0.326 e. The van der Waals surface area contributed by atoms with E-state index in [1.54, 1.807) is 0 Å². The second-order valence-electron chi connectivity index (χ2n) is 5.26. The van der Waals surface area contributed by atoms with Gasteiger partial charge >= 0.3 is 0 Å².